The third kappa shape index (κ3) is 5.61. The molecular formula is C28H28N4O5. The largest absolute Gasteiger partial charge is 0.493 e. The number of nitrogens with zero attached hydrogens (tertiary/aromatic N) is 3. The molecular weight excluding hydrogens is 472 g/mol. The van der Waals surface area contributed by atoms with Crippen LogP contribution in [-0.4, -0.2) is 41.4 Å². The van der Waals surface area contributed by atoms with Crippen molar-refractivity contribution >= 4 is 11.6 Å². The predicted octanol–water partition coefficient (Wildman–Crippen LogP) is 5.05. The van der Waals surface area contributed by atoms with Gasteiger partial charge >= 0.3 is 0 Å². The number of methoxy groups -OCH3 is 2. The first-order valence-electron chi connectivity index (χ1n) is 11.7. The number of rotatable bonds is 9. The Labute approximate surface area is 214 Å². The number of benzene rings is 3. The molecule has 4 rings (SSSR count). The van der Waals surface area contributed by atoms with Crippen molar-refractivity contribution in [1.82, 2.24) is 15.1 Å². The number of ether oxygens (including phenoxy) is 2. The smallest absolute Gasteiger partial charge is 0.271 e. The molecule has 3 aromatic carbocycles. The summed E-state index contributed by atoms with van der Waals surface area (Å²) < 4.78 is 12.1. The number of nitro benzene ring substituents is 1. The molecule has 1 amide bonds. The zero-order valence-corrected chi connectivity index (χ0v) is 21.1. The molecule has 0 saturated carbocycles. The molecule has 0 aliphatic rings. The number of aromatic nitrogens is 2. The number of aryl methyl sites for hydroxylation is 2. The average molecular weight is 501 g/mol. The predicted molar refractivity (Wildman–Crippen MR) is 141 cm³/mol. The maximum absolute atomic E-state index is 13.3. The summed E-state index contributed by atoms with van der Waals surface area (Å²) in [6.45, 7) is 4.41. The summed E-state index contributed by atoms with van der Waals surface area (Å²) in [6.07, 6.45) is 0.570. The van der Waals surface area contributed by atoms with Gasteiger partial charge in [-0.05, 0) is 67.3 Å². The third-order valence-corrected chi connectivity index (χ3v) is 6.18. The van der Waals surface area contributed by atoms with Gasteiger partial charge in [0.2, 0.25) is 0 Å². The van der Waals surface area contributed by atoms with Crippen LogP contribution in [-0.2, 0) is 6.42 Å². The van der Waals surface area contributed by atoms with Gasteiger partial charge in [0.15, 0.2) is 11.5 Å². The summed E-state index contributed by atoms with van der Waals surface area (Å²) in [4.78, 5) is 24.2. The van der Waals surface area contributed by atoms with E-state index >= 15 is 0 Å². The molecule has 0 fully saturated rings. The summed E-state index contributed by atoms with van der Waals surface area (Å²) >= 11 is 0. The van der Waals surface area contributed by atoms with Crippen molar-refractivity contribution in [3.8, 4) is 28.4 Å². The minimum atomic E-state index is -0.472. The van der Waals surface area contributed by atoms with Gasteiger partial charge in [0.25, 0.3) is 11.6 Å². The molecule has 0 radical (unpaired) electrons. The van der Waals surface area contributed by atoms with Crippen molar-refractivity contribution in [3.05, 3.63) is 99.2 Å². The second-order valence-electron chi connectivity index (χ2n) is 8.60. The quantitative estimate of drug-likeness (QED) is 0.254. The van der Waals surface area contributed by atoms with Gasteiger partial charge in [0.05, 0.1) is 30.5 Å². The molecule has 1 aromatic heterocycles. The minimum absolute atomic E-state index is 0.0828. The van der Waals surface area contributed by atoms with Gasteiger partial charge in [0, 0.05) is 24.2 Å². The van der Waals surface area contributed by atoms with Gasteiger partial charge < -0.3 is 14.8 Å². The van der Waals surface area contributed by atoms with E-state index in [2.05, 4.69) is 10.4 Å². The lowest BCUT2D eigenvalue weighted by Crippen LogP contribution is -2.27. The van der Waals surface area contributed by atoms with Gasteiger partial charge in [-0.25, -0.2) is 4.68 Å². The molecule has 1 heterocycles. The maximum atomic E-state index is 13.3. The topological polar surface area (TPSA) is 109 Å². The lowest BCUT2D eigenvalue weighted by atomic mass is 10.0. The Bertz CT molecular complexity index is 1460. The van der Waals surface area contributed by atoms with Crippen LogP contribution in [0.15, 0.2) is 66.7 Å². The summed E-state index contributed by atoms with van der Waals surface area (Å²) in [7, 11) is 3.15. The van der Waals surface area contributed by atoms with Crippen molar-refractivity contribution in [2.45, 2.75) is 20.3 Å². The molecule has 0 aliphatic carbocycles. The highest BCUT2D eigenvalue weighted by molar-refractivity contribution is 5.94. The number of nitro groups is 1. The number of carbonyl (C=O) groups excluding carboxylic acids is 1. The van der Waals surface area contributed by atoms with Crippen molar-refractivity contribution in [3.63, 3.8) is 0 Å². The van der Waals surface area contributed by atoms with E-state index in [0.717, 1.165) is 22.3 Å². The van der Waals surface area contributed by atoms with E-state index in [0.29, 0.717) is 35.8 Å². The number of amides is 1. The first-order chi connectivity index (χ1) is 17.8. The standard InChI is InChI=1S/C28H28N4O5/c1-18-8-10-21(14-19(18)2)24-17-25(31(30-24)22-6-5-7-23(16-22)32(34)35)28(33)29-13-12-20-9-11-26(36-3)27(15-20)37-4/h5-11,14-17H,12-13H2,1-4H3,(H,29,33). The first-order valence-corrected chi connectivity index (χ1v) is 11.7. The Balaban J connectivity index is 1.62. The van der Waals surface area contributed by atoms with E-state index in [1.54, 1.807) is 32.4 Å². The molecule has 4 aromatic rings. The van der Waals surface area contributed by atoms with Gasteiger partial charge in [0.1, 0.15) is 5.69 Å². The van der Waals surface area contributed by atoms with Crippen LogP contribution < -0.4 is 14.8 Å². The van der Waals surface area contributed by atoms with E-state index in [1.807, 2.05) is 50.2 Å². The van der Waals surface area contributed by atoms with E-state index in [-0.39, 0.29) is 17.3 Å². The highest BCUT2D eigenvalue weighted by Crippen LogP contribution is 2.28. The number of hydrogen-bond donors (Lipinski definition) is 1. The number of carbonyl (C=O) groups is 1. The zero-order chi connectivity index (χ0) is 26.5. The molecule has 0 spiro atoms. The van der Waals surface area contributed by atoms with E-state index in [4.69, 9.17) is 9.47 Å². The van der Waals surface area contributed by atoms with Crippen LogP contribution in [0.3, 0.4) is 0 Å². The van der Waals surface area contributed by atoms with Gasteiger partial charge in [-0.15, -0.1) is 0 Å². The SMILES string of the molecule is COc1ccc(CCNC(=O)c2cc(-c3ccc(C)c(C)c3)nn2-c2cccc([N+](=O)[O-])c2)cc1OC. The summed E-state index contributed by atoms with van der Waals surface area (Å²) in [6, 6.07) is 19.3. The van der Waals surface area contributed by atoms with Gasteiger partial charge in [-0.1, -0.05) is 24.3 Å². The highest BCUT2D eigenvalue weighted by atomic mass is 16.6. The second kappa shape index (κ2) is 10.9. The Kier molecular flexibility index (Phi) is 7.52. The second-order valence-corrected chi connectivity index (χ2v) is 8.60. The Hall–Kier alpha value is -4.66. The van der Waals surface area contributed by atoms with Crippen LogP contribution >= 0.6 is 0 Å². The fourth-order valence-electron chi connectivity index (χ4n) is 3.97. The van der Waals surface area contributed by atoms with Crippen LogP contribution in [0.2, 0.25) is 0 Å². The van der Waals surface area contributed by atoms with E-state index in [9.17, 15) is 14.9 Å². The fourth-order valence-corrected chi connectivity index (χ4v) is 3.97. The number of non-ortho nitro benzene ring substituents is 1. The van der Waals surface area contributed by atoms with Crippen molar-refractivity contribution in [1.29, 1.82) is 0 Å². The van der Waals surface area contributed by atoms with Crippen molar-refractivity contribution < 1.29 is 19.2 Å². The lowest BCUT2D eigenvalue weighted by molar-refractivity contribution is -0.384. The molecule has 190 valence electrons. The molecule has 0 bridgehead atoms. The van der Waals surface area contributed by atoms with Crippen LogP contribution in [0, 0.1) is 24.0 Å². The minimum Gasteiger partial charge on any atom is -0.493 e. The Morgan fingerprint density at radius 1 is 0.973 bits per heavy atom. The molecule has 9 nitrogen and oxygen atoms in total. The van der Waals surface area contributed by atoms with Crippen LogP contribution in [0.1, 0.15) is 27.2 Å². The number of nitrogens with one attached hydrogen (secondary N) is 1. The zero-order valence-electron chi connectivity index (χ0n) is 21.1. The molecule has 0 atom stereocenters. The normalized spacial score (nSPS) is 10.7. The summed E-state index contributed by atoms with van der Waals surface area (Å²) in [5.74, 6) is 0.915. The molecule has 1 N–H and O–H groups in total. The van der Waals surface area contributed by atoms with Crippen molar-refractivity contribution in [2.24, 2.45) is 0 Å². The summed E-state index contributed by atoms with van der Waals surface area (Å²) in [5.41, 5.74) is 5.29. The summed E-state index contributed by atoms with van der Waals surface area (Å²) in [5, 5.41) is 18.9. The van der Waals surface area contributed by atoms with Gasteiger partial charge in [-0.3, -0.25) is 14.9 Å². The van der Waals surface area contributed by atoms with E-state index in [1.165, 1.54) is 16.8 Å². The van der Waals surface area contributed by atoms with Crippen LogP contribution in [0.5, 0.6) is 11.5 Å². The maximum Gasteiger partial charge on any atom is 0.271 e. The van der Waals surface area contributed by atoms with Crippen LogP contribution in [0.4, 0.5) is 5.69 Å². The number of hydrogen-bond acceptors (Lipinski definition) is 6. The van der Waals surface area contributed by atoms with Crippen LogP contribution in [0.25, 0.3) is 16.9 Å². The molecule has 0 aliphatic heterocycles. The molecule has 0 saturated heterocycles. The monoisotopic (exact) mass is 500 g/mol. The van der Waals surface area contributed by atoms with Gasteiger partial charge in [-0.2, -0.15) is 5.10 Å². The molecule has 37 heavy (non-hydrogen) atoms. The van der Waals surface area contributed by atoms with E-state index < -0.39 is 4.92 Å². The third-order valence-electron chi connectivity index (χ3n) is 6.18. The highest BCUT2D eigenvalue weighted by Gasteiger charge is 2.19. The van der Waals surface area contributed by atoms with Crippen molar-refractivity contribution in [2.75, 3.05) is 20.8 Å². The molecule has 9 heteroatoms. The average Bonchev–Trinajstić information content (AvgIpc) is 3.36. The Morgan fingerprint density at radius 3 is 2.46 bits per heavy atom. The Morgan fingerprint density at radius 2 is 1.76 bits per heavy atom. The first kappa shape index (κ1) is 25.4. The fraction of sp³-hybridized carbons (Fsp3) is 0.214. The molecule has 0 unspecified atom stereocenters. The lowest BCUT2D eigenvalue weighted by Gasteiger charge is -2.11.